The molecule has 1 atom stereocenters. The quantitative estimate of drug-likeness (QED) is 0.553. The number of carboxylic acids is 1. The van der Waals surface area contributed by atoms with Crippen molar-refractivity contribution >= 4 is 12.0 Å². The Balaban J connectivity index is 3.91. The second-order valence-corrected chi connectivity index (χ2v) is 4.27. The largest absolute Gasteiger partial charge is 0.480 e. The van der Waals surface area contributed by atoms with Crippen molar-refractivity contribution in [1.82, 2.24) is 10.6 Å². The van der Waals surface area contributed by atoms with Crippen molar-refractivity contribution in [2.45, 2.75) is 32.7 Å². The van der Waals surface area contributed by atoms with E-state index < -0.39 is 18.0 Å². The molecule has 17 heavy (non-hydrogen) atoms. The van der Waals surface area contributed by atoms with Gasteiger partial charge in [0.25, 0.3) is 0 Å². The maximum Gasteiger partial charge on any atom is 0.326 e. The van der Waals surface area contributed by atoms with Crippen LogP contribution >= 0.6 is 0 Å². The highest BCUT2D eigenvalue weighted by Gasteiger charge is 2.20. The molecule has 100 valence electrons. The molecule has 0 aromatic rings. The Bertz CT molecular complexity index is 244. The molecule has 2 amide bonds. The van der Waals surface area contributed by atoms with Crippen LogP contribution in [0.25, 0.3) is 0 Å². The topological polar surface area (TPSA) is 87.7 Å². The molecule has 3 N–H and O–H groups in total. The Morgan fingerprint density at radius 1 is 1.35 bits per heavy atom. The van der Waals surface area contributed by atoms with E-state index in [0.29, 0.717) is 26.0 Å². The zero-order valence-corrected chi connectivity index (χ0v) is 10.7. The Morgan fingerprint density at radius 3 is 2.47 bits per heavy atom. The molecule has 6 heteroatoms. The summed E-state index contributed by atoms with van der Waals surface area (Å²) in [6.45, 7) is 4.85. The number of methoxy groups -OCH3 is 1. The van der Waals surface area contributed by atoms with Gasteiger partial charge >= 0.3 is 12.0 Å². The van der Waals surface area contributed by atoms with E-state index in [1.165, 1.54) is 0 Å². The summed E-state index contributed by atoms with van der Waals surface area (Å²) in [5, 5.41) is 13.9. The predicted molar refractivity (Wildman–Crippen MR) is 63.9 cm³/mol. The molecule has 0 saturated heterocycles. The molecular formula is C11H22N2O4. The molecule has 0 heterocycles. The number of carbonyl (C=O) groups excluding carboxylic acids is 1. The normalized spacial score (nSPS) is 12.2. The fourth-order valence-electron chi connectivity index (χ4n) is 1.32. The van der Waals surface area contributed by atoms with Crippen LogP contribution in [-0.2, 0) is 9.53 Å². The lowest BCUT2D eigenvalue weighted by Gasteiger charge is -2.16. The fourth-order valence-corrected chi connectivity index (χ4v) is 1.32. The lowest BCUT2D eigenvalue weighted by molar-refractivity contribution is -0.139. The number of carboxylic acid groups (broad SMARTS) is 1. The van der Waals surface area contributed by atoms with Gasteiger partial charge in [0.2, 0.25) is 0 Å². The van der Waals surface area contributed by atoms with Crippen LogP contribution in [0.1, 0.15) is 26.7 Å². The first-order chi connectivity index (χ1) is 7.97. The van der Waals surface area contributed by atoms with Gasteiger partial charge in [0.05, 0.1) is 0 Å². The molecule has 0 fully saturated rings. The van der Waals surface area contributed by atoms with E-state index in [4.69, 9.17) is 9.84 Å². The smallest absolute Gasteiger partial charge is 0.326 e. The standard InChI is InChI=1S/C11H22N2O4/c1-8(2)7-9(10(14)15)13-11(16)12-5-4-6-17-3/h8-9H,4-7H2,1-3H3,(H,14,15)(H2,12,13,16)/t9-/m1/s1. The molecule has 0 aromatic heterocycles. The number of hydrogen-bond acceptors (Lipinski definition) is 3. The molecule has 0 bridgehead atoms. The Kier molecular flexibility index (Phi) is 8.13. The summed E-state index contributed by atoms with van der Waals surface area (Å²) in [5.74, 6) is -0.796. The molecule has 0 unspecified atom stereocenters. The second-order valence-electron chi connectivity index (χ2n) is 4.27. The lowest BCUT2D eigenvalue weighted by Crippen LogP contribution is -2.46. The molecule has 0 spiro atoms. The summed E-state index contributed by atoms with van der Waals surface area (Å²) in [7, 11) is 1.59. The maximum atomic E-state index is 11.4. The Morgan fingerprint density at radius 2 is 2.00 bits per heavy atom. The Hall–Kier alpha value is -1.30. The summed E-state index contributed by atoms with van der Waals surface area (Å²) < 4.78 is 4.83. The van der Waals surface area contributed by atoms with Gasteiger partial charge in [-0.25, -0.2) is 9.59 Å². The third-order valence-electron chi connectivity index (χ3n) is 2.12. The van der Waals surface area contributed by atoms with Crippen LogP contribution in [0.3, 0.4) is 0 Å². The molecular weight excluding hydrogens is 224 g/mol. The number of carbonyl (C=O) groups is 2. The van der Waals surface area contributed by atoms with Crippen molar-refractivity contribution in [3.63, 3.8) is 0 Å². The van der Waals surface area contributed by atoms with Crippen LogP contribution in [0.2, 0.25) is 0 Å². The Labute approximate surface area is 102 Å². The zero-order valence-electron chi connectivity index (χ0n) is 10.7. The van der Waals surface area contributed by atoms with Crippen molar-refractivity contribution in [2.24, 2.45) is 5.92 Å². The zero-order chi connectivity index (χ0) is 13.3. The summed E-state index contributed by atoms with van der Waals surface area (Å²) in [4.78, 5) is 22.3. The van der Waals surface area contributed by atoms with Gasteiger partial charge in [-0.1, -0.05) is 13.8 Å². The summed E-state index contributed by atoms with van der Waals surface area (Å²) in [5.41, 5.74) is 0. The summed E-state index contributed by atoms with van der Waals surface area (Å²) >= 11 is 0. The summed E-state index contributed by atoms with van der Waals surface area (Å²) in [6, 6.07) is -1.29. The van der Waals surface area contributed by atoms with Gasteiger partial charge in [-0.3, -0.25) is 0 Å². The molecule has 0 aliphatic rings. The van der Waals surface area contributed by atoms with Crippen LogP contribution in [0.5, 0.6) is 0 Å². The van der Waals surface area contributed by atoms with Gasteiger partial charge < -0.3 is 20.5 Å². The molecule has 0 aliphatic carbocycles. The van der Waals surface area contributed by atoms with Gasteiger partial charge in [-0.2, -0.15) is 0 Å². The minimum atomic E-state index is -1.01. The monoisotopic (exact) mass is 246 g/mol. The summed E-state index contributed by atoms with van der Waals surface area (Å²) in [6.07, 6.45) is 1.12. The molecule has 0 saturated carbocycles. The molecule has 0 aliphatic heterocycles. The third-order valence-corrected chi connectivity index (χ3v) is 2.12. The van der Waals surface area contributed by atoms with Crippen molar-refractivity contribution in [2.75, 3.05) is 20.3 Å². The van der Waals surface area contributed by atoms with Crippen LogP contribution < -0.4 is 10.6 Å². The lowest BCUT2D eigenvalue weighted by atomic mass is 10.0. The van der Waals surface area contributed by atoms with E-state index >= 15 is 0 Å². The van der Waals surface area contributed by atoms with Crippen LogP contribution in [-0.4, -0.2) is 43.4 Å². The van der Waals surface area contributed by atoms with E-state index in [1.54, 1.807) is 7.11 Å². The molecule has 0 rings (SSSR count). The van der Waals surface area contributed by atoms with Crippen molar-refractivity contribution < 1.29 is 19.4 Å². The number of amides is 2. The number of aliphatic carboxylic acids is 1. The van der Waals surface area contributed by atoms with E-state index in [1.807, 2.05) is 13.8 Å². The van der Waals surface area contributed by atoms with E-state index in [0.717, 1.165) is 0 Å². The van der Waals surface area contributed by atoms with Gasteiger partial charge in [-0.15, -0.1) is 0 Å². The van der Waals surface area contributed by atoms with Crippen LogP contribution in [0.4, 0.5) is 4.79 Å². The second kappa shape index (κ2) is 8.81. The van der Waals surface area contributed by atoms with E-state index in [-0.39, 0.29) is 5.92 Å². The fraction of sp³-hybridized carbons (Fsp3) is 0.818. The van der Waals surface area contributed by atoms with Gasteiger partial charge in [0, 0.05) is 20.3 Å². The van der Waals surface area contributed by atoms with Crippen molar-refractivity contribution in [1.29, 1.82) is 0 Å². The van der Waals surface area contributed by atoms with E-state index in [2.05, 4.69) is 10.6 Å². The number of urea groups is 1. The van der Waals surface area contributed by atoms with Crippen LogP contribution in [0, 0.1) is 5.92 Å². The van der Waals surface area contributed by atoms with E-state index in [9.17, 15) is 9.59 Å². The highest BCUT2D eigenvalue weighted by Crippen LogP contribution is 2.04. The van der Waals surface area contributed by atoms with Gasteiger partial charge in [0.15, 0.2) is 0 Å². The minimum Gasteiger partial charge on any atom is -0.480 e. The number of ether oxygens (including phenoxy) is 1. The molecule has 6 nitrogen and oxygen atoms in total. The number of rotatable bonds is 8. The first-order valence-electron chi connectivity index (χ1n) is 5.73. The molecule has 0 radical (unpaired) electrons. The first kappa shape index (κ1) is 15.7. The highest BCUT2D eigenvalue weighted by atomic mass is 16.5. The average molecular weight is 246 g/mol. The van der Waals surface area contributed by atoms with Gasteiger partial charge in [-0.05, 0) is 18.8 Å². The van der Waals surface area contributed by atoms with Crippen molar-refractivity contribution in [3.05, 3.63) is 0 Å². The predicted octanol–water partition coefficient (Wildman–Crippen LogP) is 0.821. The highest BCUT2D eigenvalue weighted by molar-refractivity contribution is 5.82. The number of nitrogens with one attached hydrogen (secondary N) is 2. The minimum absolute atomic E-state index is 0.213. The maximum absolute atomic E-state index is 11.4. The molecule has 0 aromatic carbocycles. The van der Waals surface area contributed by atoms with Crippen LogP contribution in [0.15, 0.2) is 0 Å². The number of hydrogen-bond donors (Lipinski definition) is 3. The first-order valence-corrected chi connectivity index (χ1v) is 5.73. The van der Waals surface area contributed by atoms with Crippen molar-refractivity contribution in [3.8, 4) is 0 Å². The average Bonchev–Trinajstić information content (AvgIpc) is 2.22. The third kappa shape index (κ3) is 8.50. The van der Waals surface area contributed by atoms with Gasteiger partial charge in [0.1, 0.15) is 6.04 Å². The SMILES string of the molecule is COCCCNC(=O)N[C@H](CC(C)C)C(=O)O.